The summed E-state index contributed by atoms with van der Waals surface area (Å²) in [6.07, 6.45) is 3.05. The second-order valence-corrected chi connectivity index (χ2v) is 16.4. The molecule has 6 aromatic rings. The molecule has 0 N–H and O–H groups in total. The van der Waals surface area contributed by atoms with Gasteiger partial charge in [-0.2, -0.15) is 0 Å². The van der Waals surface area contributed by atoms with Crippen molar-refractivity contribution in [2.45, 2.75) is 51.9 Å². The van der Waals surface area contributed by atoms with Gasteiger partial charge in [0.15, 0.2) is 0 Å². The molecule has 4 heterocycles. The third-order valence-corrected chi connectivity index (χ3v) is 12.8. The van der Waals surface area contributed by atoms with Crippen LogP contribution in [0.3, 0.4) is 0 Å². The minimum Gasteiger partial charge on any atom is -0.311 e. The van der Waals surface area contributed by atoms with Gasteiger partial charge in [-0.15, -0.1) is 0 Å². The van der Waals surface area contributed by atoms with Crippen LogP contribution >= 0.6 is 0 Å². The normalized spacial score (nSPS) is 18.3. The molecule has 0 aromatic heterocycles. The number of para-hydroxylation sites is 5. The highest BCUT2D eigenvalue weighted by atomic mass is 15.2. The zero-order chi connectivity index (χ0) is 35.8. The third kappa shape index (κ3) is 3.92. The van der Waals surface area contributed by atoms with E-state index in [1.807, 2.05) is 0 Å². The van der Waals surface area contributed by atoms with Crippen LogP contribution in [0.4, 0.5) is 45.5 Å². The Morgan fingerprint density at radius 3 is 1.64 bits per heavy atom. The summed E-state index contributed by atoms with van der Waals surface area (Å²) >= 11 is 0. The van der Waals surface area contributed by atoms with Crippen LogP contribution in [0.25, 0.3) is 0 Å². The van der Waals surface area contributed by atoms with E-state index in [4.69, 9.17) is 0 Å². The molecule has 4 aliphatic heterocycles. The number of hydrogen-bond acceptors (Lipinski definition) is 3. The fourth-order valence-corrected chi connectivity index (χ4v) is 10.3. The molecule has 0 bridgehead atoms. The van der Waals surface area contributed by atoms with Gasteiger partial charge in [-0.1, -0.05) is 131 Å². The van der Waals surface area contributed by atoms with Crippen molar-refractivity contribution in [3.63, 3.8) is 0 Å². The molecule has 0 saturated carbocycles. The zero-order valence-corrected chi connectivity index (χ0v) is 30.9. The molecule has 3 nitrogen and oxygen atoms in total. The second-order valence-electron chi connectivity index (χ2n) is 16.4. The predicted molar refractivity (Wildman–Crippen MR) is 222 cm³/mol. The van der Waals surface area contributed by atoms with Crippen molar-refractivity contribution in [3.8, 4) is 0 Å². The molecule has 0 spiro atoms. The van der Waals surface area contributed by atoms with Gasteiger partial charge in [-0.25, -0.2) is 0 Å². The van der Waals surface area contributed by atoms with Gasteiger partial charge in [0, 0.05) is 45.2 Å². The molecule has 0 saturated heterocycles. The summed E-state index contributed by atoms with van der Waals surface area (Å²) in [5.74, 6) is 0.282. The molecule has 0 fully saturated rings. The minimum atomic E-state index is -0.163. The largest absolute Gasteiger partial charge is 0.311 e. The molecule has 4 heteroatoms. The first-order valence-electron chi connectivity index (χ1n) is 19.1. The summed E-state index contributed by atoms with van der Waals surface area (Å²) in [7, 11) is 0. The number of allylic oxidation sites excluding steroid dienone is 2. The first kappa shape index (κ1) is 30.7. The van der Waals surface area contributed by atoms with Crippen molar-refractivity contribution in [1.82, 2.24) is 0 Å². The Morgan fingerprint density at radius 2 is 1.09 bits per heavy atom. The zero-order valence-electron chi connectivity index (χ0n) is 30.9. The van der Waals surface area contributed by atoms with E-state index in [0.29, 0.717) is 0 Å². The van der Waals surface area contributed by atoms with E-state index < -0.39 is 0 Å². The van der Waals surface area contributed by atoms with Crippen molar-refractivity contribution < 1.29 is 0 Å². The second kappa shape index (κ2) is 10.6. The summed E-state index contributed by atoms with van der Waals surface area (Å²) in [4.78, 5) is 7.66. The molecule has 6 aromatic carbocycles. The number of rotatable bonds is 3. The van der Waals surface area contributed by atoms with E-state index in [1.54, 1.807) is 0 Å². The lowest BCUT2D eigenvalue weighted by molar-refractivity contribution is 0.632. The highest BCUT2D eigenvalue weighted by molar-refractivity contribution is 7.00. The topological polar surface area (TPSA) is 9.72 Å². The summed E-state index contributed by atoms with van der Waals surface area (Å²) in [5.41, 5.74) is 27.3. The van der Waals surface area contributed by atoms with E-state index in [9.17, 15) is 0 Å². The number of benzene rings is 6. The summed E-state index contributed by atoms with van der Waals surface area (Å²) in [6, 6.07) is 48.1. The van der Waals surface area contributed by atoms with Crippen molar-refractivity contribution in [2.75, 3.05) is 14.7 Å². The highest BCUT2D eigenvalue weighted by Crippen LogP contribution is 2.57. The quantitative estimate of drug-likeness (QED) is 0.136. The van der Waals surface area contributed by atoms with Gasteiger partial charge in [0.1, 0.15) is 0 Å². The van der Waals surface area contributed by atoms with Crippen LogP contribution < -0.4 is 31.1 Å². The molecule has 1 unspecified atom stereocenters. The fraction of sp³-hybridized carbons (Fsp3) is 0.184. The van der Waals surface area contributed by atoms with Gasteiger partial charge in [0.25, 0.3) is 6.71 Å². The fourth-order valence-electron chi connectivity index (χ4n) is 10.3. The minimum absolute atomic E-state index is 0.0781. The van der Waals surface area contributed by atoms with Crippen LogP contribution in [0.2, 0.25) is 0 Å². The van der Waals surface area contributed by atoms with Crippen LogP contribution in [-0.4, -0.2) is 6.71 Å². The molecule has 1 atom stereocenters. The van der Waals surface area contributed by atoms with Crippen molar-refractivity contribution in [3.05, 3.63) is 173 Å². The van der Waals surface area contributed by atoms with E-state index >= 15 is 0 Å². The van der Waals surface area contributed by atoms with E-state index in [0.717, 1.165) is 23.5 Å². The SMILES string of the molecule is CC1CC=C=C=C1N(c1ccccc1)c1cc2c3c(c1)N1c4ccccc4C(C)(C)c4cccc(c41)B3c1cccc3c1N2c1ccccc1C3(C)C. The number of anilines is 8. The molecule has 5 aliphatic rings. The summed E-state index contributed by atoms with van der Waals surface area (Å²) in [6.45, 7) is 12.0. The molecule has 53 heavy (non-hydrogen) atoms. The Kier molecular flexibility index (Phi) is 6.13. The monoisotopic (exact) mass is 681 g/mol. The molecular formula is C49H40BN3. The molecule has 0 radical (unpaired) electrons. The molecular weight excluding hydrogens is 641 g/mol. The van der Waals surface area contributed by atoms with Gasteiger partial charge in [-0.3, -0.25) is 0 Å². The smallest absolute Gasteiger partial charge is 0.252 e. The Hall–Kier alpha value is -5.92. The van der Waals surface area contributed by atoms with Gasteiger partial charge in [-0.05, 0) is 93.3 Å². The van der Waals surface area contributed by atoms with Gasteiger partial charge >= 0.3 is 0 Å². The molecule has 254 valence electrons. The molecule has 11 rings (SSSR count). The highest BCUT2D eigenvalue weighted by Gasteiger charge is 2.51. The van der Waals surface area contributed by atoms with Crippen LogP contribution in [0, 0.1) is 5.92 Å². The number of hydrogen-bond donors (Lipinski definition) is 0. The number of fused-ring (bicyclic) bond motifs is 8. The van der Waals surface area contributed by atoms with Crippen molar-refractivity contribution in [2.24, 2.45) is 5.92 Å². The lowest BCUT2D eigenvalue weighted by Gasteiger charge is -2.52. The van der Waals surface area contributed by atoms with E-state index in [1.165, 1.54) is 72.8 Å². The van der Waals surface area contributed by atoms with Crippen LogP contribution in [-0.2, 0) is 10.8 Å². The Morgan fingerprint density at radius 1 is 0.585 bits per heavy atom. The molecule has 0 amide bonds. The average Bonchev–Trinajstić information content (AvgIpc) is 3.18. The van der Waals surface area contributed by atoms with Crippen molar-refractivity contribution in [1.29, 1.82) is 0 Å². The van der Waals surface area contributed by atoms with Crippen LogP contribution in [0.15, 0.2) is 151 Å². The van der Waals surface area contributed by atoms with E-state index in [-0.39, 0.29) is 23.5 Å². The number of nitrogens with zero attached hydrogens (tertiary/aromatic N) is 3. The Bertz CT molecular complexity index is 2540. The third-order valence-electron chi connectivity index (χ3n) is 12.8. The van der Waals surface area contributed by atoms with Crippen LogP contribution in [0.1, 0.15) is 63.3 Å². The molecule has 1 aliphatic carbocycles. The predicted octanol–water partition coefficient (Wildman–Crippen LogP) is 10.4. The maximum absolute atomic E-state index is 3.59. The summed E-state index contributed by atoms with van der Waals surface area (Å²) in [5, 5.41) is 0. The van der Waals surface area contributed by atoms with Gasteiger partial charge in [0.2, 0.25) is 0 Å². The standard InChI is InChI=1S/C49H40BN3/c1-31-17-9-12-26-40(31)51(32-18-7-6-8-19-32)33-29-43-45-44(30-33)53-42-28-14-11-21-35(42)49(4,5)37-23-16-25-39(47(37)53)50(45)38-24-15-22-36-46(38)52(43)41-27-13-10-20-34(41)48(36,2)3/h6-11,13-16,18-25,27-31H,17H2,1-5H3. The van der Waals surface area contributed by atoms with Gasteiger partial charge in [0.05, 0.1) is 22.8 Å². The van der Waals surface area contributed by atoms with E-state index in [2.05, 4.69) is 194 Å². The van der Waals surface area contributed by atoms with Crippen molar-refractivity contribution >= 4 is 68.6 Å². The first-order chi connectivity index (χ1) is 25.8. The lowest BCUT2D eigenvalue weighted by Crippen LogP contribution is -2.63. The lowest BCUT2D eigenvalue weighted by atomic mass is 9.32. The average molecular weight is 682 g/mol. The maximum atomic E-state index is 3.59. The van der Waals surface area contributed by atoms with Gasteiger partial charge < -0.3 is 14.7 Å². The van der Waals surface area contributed by atoms with Crippen LogP contribution in [0.5, 0.6) is 0 Å². The Labute approximate surface area is 312 Å². The maximum Gasteiger partial charge on any atom is 0.252 e. The Balaban J connectivity index is 1.31. The summed E-state index contributed by atoms with van der Waals surface area (Å²) < 4.78 is 0. The first-order valence-corrected chi connectivity index (χ1v) is 19.1.